The Bertz CT molecular complexity index is 1200. The quantitative estimate of drug-likeness (QED) is 0.470. The molecule has 0 saturated carbocycles. The Morgan fingerprint density at radius 2 is 1.71 bits per heavy atom. The van der Waals surface area contributed by atoms with Gasteiger partial charge in [-0.25, -0.2) is 0 Å². The van der Waals surface area contributed by atoms with Crippen molar-refractivity contribution in [2.24, 2.45) is 0 Å². The molecule has 0 unspecified atom stereocenters. The van der Waals surface area contributed by atoms with Gasteiger partial charge in [0, 0.05) is 31.1 Å². The van der Waals surface area contributed by atoms with E-state index in [1.54, 1.807) is 19.2 Å². The highest BCUT2D eigenvalue weighted by Gasteiger charge is 2.17. The molecule has 0 aromatic heterocycles. The van der Waals surface area contributed by atoms with Gasteiger partial charge in [0.1, 0.15) is 0 Å². The second-order valence-corrected chi connectivity index (χ2v) is 9.25. The molecular formula is C25H27ClN4O3S. The van der Waals surface area contributed by atoms with Crippen molar-refractivity contribution >= 4 is 62.6 Å². The summed E-state index contributed by atoms with van der Waals surface area (Å²) in [6, 6.07) is 18.3. The second-order valence-electron chi connectivity index (χ2n) is 7.91. The zero-order valence-electron chi connectivity index (χ0n) is 19.3. The smallest absolute Gasteiger partial charge is 0.286 e. The SMILES string of the molecule is CN(C)CCNC(=O)c1ccc(NC(=O)CSC(=O)N(C)c2cccc3ccccc23)c(Cl)c1. The molecule has 178 valence electrons. The summed E-state index contributed by atoms with van der Waals surface area (Å²) in [5, 5.41) is 7.51. The lowest BCUT2D eigenvalue weighted by Gasteiger charge is -2.19. The molecule has 3 amide bonds. The largest absolute Gasteiger partial charge is 0.351 e. The maximum absolute atomic E-state index is 12.7. The number of nitrogens with one attached hydrogen (secondary N) is 2. The van der Waals surface area contributed by atoms with E-state index in [4.69, 9.17) is 11.6 Å². The third kappa shape index (κ3) is 6.72. The van der Waals surface area contributed by atoms with E-state index in [0.717, 1.165) is 34.8 Å². The van der Waals surface area contributed by atoms with Crippen LogP contribution in [0.3, 0.4) is 0 Å². The van der Waals surface area contributed by atoms with Crippen LogP contribution in [0.2, 0.25) is 5.02 Å². The highest BCUT2D eigenvalue weighted by Crippen LogP contribution is 2.28. The lowest BCUT2D eigenvalue weighted by molar-refractivity contribution is -0.113. The Morgan fingerprint density at radius 1 is 0.971 bits per heavy atom. The van der Waals surface area contributed by atoms with Crippen LogP contribution in [0.15, 0.2) is 60.7 Å². The summed E-state index contributed by atoms with van der Waals surface area (Å²) in [7, 11) is 5.54. The summed E-state index contributed by atoms with van der Waals surface area (Å²) in [6.45, 7) is 1.24. The van der Waals surface area contributed by atoms with Gasteiger partial charge in [0.05, 0.1) is 22.2 Å². The van der Waals surface area contributed by atoms with Crippen LogP contribution in [-0.2, 0) is 4.79 Å². The van der Waals surface area contributed by atoms with Crippen molar-refractivity contribution in [1.29, 1.82) is 0 Å². The number of thioether (sulfide) groups is 1. The highest BCUT2D eigenvalue weighted by molar-refractivity contribution is 8.14. The highest BCUT2D eigenvalue weighted by atomic mass is 35.5. The molecule has 0 saturated heterocycles. The monoisotopic (exact) mass is 498 g/mol. The third-order valence-corrected chi connectivity index (χ3v) is 6.32. The predicted molar refractivity (Wildman–Crippen MR) is 141 cm³/mol. The van der Waals surface area contributed by atoms with E-state index in [1.807, 2.05) is 61.5 Å². The van der Waals surface area contributed by atoms with E-state index in [-0.39, 0.29) is 27.8 Å². The Hall–Kier alpha value is -3.07. The summed E-state index contributed by atoms with van der Waals surface area (Å²) in [4.78, 5) is 40.8. The zero-order chi connectivity index (χ0) is 24.7. The summed E-state index contributed by atoms with van der Waals surface area (Å²) >= 11 is 7.17. The first kappa shape index (κ1) is 25.6. The van der Waals surface area contributed by atoms with Gasteiger partial charge in [0.15, 0.2) is 0 Å². The van der Waals surface area contributed by atoms with Crippen molar-refractivity contribution in [3.63, 3.8) is 0 Å². The van der Waals surface area contributed by atoms with Crippen LogP contribution in [0.5, 0.6) is 0 Å². The lowest BCUT2D eigenvalue weighted by Crippen LogP contribution is -2.31. The molecule has 0 aliphatic heterocycles. The van der Waals surface area contributed by atoms with Gasteiger partial charge in [-0.3, -0.25) is 14.4 Å². The molecular weight excluding hydrogens is 472 g/mol. The number of carbonyl (C=O) groups excluding carboxylic acids is 3. The molecule has 3 aromatic carbocycles. The Balaban J connectivity index is 1.55. The van der Waals surface area contributed by atoms with E-state index >= 15 is 0 Å². The van der Waals surface area contributed by atoms with E-state index in [2.05, 4.69) is 10.6 Å². The first-order chi connectivity index (χ1) is 16.3. The first-order valence-electron chi connectivity index (χ1n) is 10.7. The molecule has 34 heavy (non-hydrogen) atoms. The minimum Gasteiger partial charge on any atom is -0.351 e. The summed E-state index contributed by atoms with van der Waals surface area (Å²) < 4.78 is 0. The molecule has 3 rings (SSSR count). The van der Waals surface area contributed by atoms with Crippen LogP contribution < -0.4 is 15.5 Å². The average Bonchev–Trinajstić information content (AvgIpc) is 2.82. The van der Waals surface area contributed by atoms with Gasteiger partial charge in [-0.15, -0.1) is 0 Å². The normalized spacial score (nSPS) is 10.9. The molecule has 0 atom stereocenters. The standard InChI is InChI=1S/C25H27ClN4O3S/c1-29(2)14-13-27-24(32)18-11-12-21(20(26)15-18)28-23(31)16-34-25(33)30(3)22-10-6-8-17-7-4-5-9-19(17)22/h4-12,15H,13-14,16H2,1-3H3,(H,27,32)(H,28,31). The molecule has 0 bridgehead atoms. The third-order valence-electron chi connectivity index (χ3n) is 5.08. The van der Waals surface area contributed by atoms with Gasteiger partial charge in [-0.2, -0.15) is 0 Å². The van der Waals surface area contributed by atoms with Gasteiger partial charge in [0.25, 0.3) is 11.1 Å². The fourth-order valence-electron chi connectivity index (χ4n) is 3.26. The Labute approximate surface area is 208 Å². The fraction of sp³-hybridized carbons (Fsp3) is 0.240. The van der Waals surface area contributed by atoms with Crippen LogP contribution in [0.25, 0.3) is 10.8 Å². The maximum atomic E-state index is 12.7. The number of rotatable bonds is 8. The number of fused-ring (bicyclic) bond motifs is 1. The number of nitrogens with zero attached hydrogens (tertiary/aromatic N) is 2. The van der Waals surface area contributed by atoms with Crippen LogP contribution in [-0.4, -0.2) is 61.9 Å². The molecule has 7 nitrogen and oxygen atoms in total. The number of hydrogen-bond acceptors (Lipinski definition) is 5. The topological polar surface area (TPSA) is 81.8 Å². The molecule has 0 aliphatic carbocycles. The van der Waals surface area contributed by atoms with Crippen LogP contribution in [0.1, 0.15) is 10.4 Å². The van der Waals surface area contributed by atoms with E-state index in [1.165, 1.54) is 11.0 Å². The Morgan fingerprint density at radius 3 is 2.44 bits per heavy atom. The number of carbonyl (C=O) groups is 3. The molecule has 3 aromatic rings. The van der Waals surface area contributed by atoms with Gasteiger partial charge in [0.2, 0.25) is 5.91 Å². The zero-order valence-corrected chi connectivity index (χ0v) is 20.9. The summed E-state index contributed by atoms with van der Waals surface area (Å²) in [5.41, 5.74) is 1.56. The molecule has 0 heterocycles. The number of halogens is 1. The molecule has 9 heteroatoms. The minimum absolute atomic E-state index is 0.0724. The van der Waals surface area contributed by atoms with Gasteiger partial charge < -0.3 is 20.4 Å². The van der Waals surface area contributed by atoms with Crippen molar-refractivity contribution in [2.75, 3.05) is 50.2 Å². The van der Waals surface area contributed by atoms with Gasteiger partial charge in [-0.1, -0.05) is 59.8 Å². The van der Waals surface area contributed by atoms with E-state index in [9.17, 15) is 14.4 Å². The predicted octanol–water partition coefficient (Wildman–Crippen LogP) is 4.71. The number of likely N-dealkylation sites (N-methyl/N-ethyl adjacent to an activating group) is 1. The average molecular weight is 499 g/mol. The maximum Gasteiger partial charge on any atom is 0.286 e. The molecule has 0 fully saturated rings. The lowest BCUT2D eigenvalue weighted by atomic mass is 10.1. The summed E-state index contributed by atoms with van der Waals surface area (Å²) in [5.74, 6) is -0.675. The fourth-order valence-corrected chi connectivity index (χ4v) is 4.11. The van der Waals surface area contributed by atoms with Crippen LogP contribution in [0.4, 0.5) is 16.2 Å². The number of amides is 3. The first-order valence-corrected chi connectivity index (χ1v) is 12.0. The van der Waals surface area contributed by atoms with Crippen molar-refractivity contribution in [1.82, 2.24) is 10.2 Å². The van der Waals surface area contributed by atoms with Crippen LogP contribution in [0, 0.1) is 0 Å². The van der Waals surface area contributed by atoms with E-state index < -0.39 is 0 Å². The summed E-state index contributed by atoms with van der Waals surface area (Å²) in [6.07, 6.45) is 0. The minimum atomic E-state index is -0.366. The Kier molecular flexibility index (Phi) is 8.92. The number of hydrogen-bond donors (Lipinski definition) is 2. The van der Waals surface area contributed by atoms with Gasteiger partial charge >= 0.3 is 0 Å². The van der Waals surface area contributed by atoms with Crippen molar-refractivity contribution in [3.05, 3.63) is 71.2 Å². The van der Waals surface area contributed by atoms with Crippen molar-refractivity contribution in [3.8, 4) is 0 Å². The van der Waals surface area contributed by atoms with Gasteiger partial charge in [-0.05, 0) is 43.7 Å². The van der Waals surface area contributed by atoms with Crippen molar-refractivity contribution in [2.45, 2.75) is 0 Å². The molecule has 0 spiro atoms. The second kappa shape index (κ2) is 11.9. The van der Waals surface area contributed by atoms with Crippen LogP contribution >= 0.6 is 23.4 Å². The van der Waals surface area contributed by atoms with Crippen molar-refractivity contribution < 1.29 is 14.4 Å². The molecule has 2 N–H and O–H groups in total. The number of benzene rings is 3. The molecule has 0 radical (unpaired) electrons. The van der Waals surface area contributed by atoms with E-state index in [0.29, 0.717) is 17.8 Å². The molecule has 0 aliphatic rings. The number of anilines is 2.